The number of nitrogens with one attached hydrogen (secondary N) is 1. The SMILES string of the molecule is CCCCCCCCCCCCCCCCCCNc1cccc2nc3ccccc3cc12. The molecule has 2 nitrogen and oxygen atoms in total. The Morgan fingerprint density at radius 3 is 1.76 bits per heavy atom. The molecule has 2 aromatic carbocycles. The number of fused-ring (bicyclic) bond motifs is 2. The van der Waals surface area contributed by atoms with Crippen LogP contribution in [0, 0.1) is 0 Å². The van der Waals surface area contributed by atoms with Crippen molar-refractivity contribution in [2.24, 2.45) is 0 Å². The quantitative estimate of drug-likeness (QED) is 0.155. The van der Waals surface area contributed by atoms with Gasteiger partial charge in [-0.25, -0.2) is 4.98 Å². The van der Waals surface area contributed by atoms with Gasteiger partial charge in [0, 0.05) is 23.0 Å². The van der Waals surface area contributed by atoms with Crippen molar-refractivity contribution in [2.75, 3.05) is 11.9 Å². The van der Waals surface area contributed by atoms with Crippen LogP contribution < -0.4 is 5.32 Å². The molecule has 33 heavy (non-hydrogen) atoms. The number of para-hydroxylation sites is 1. The monoisotopic (exact) mass is 446 g/mol. The van der Waals surface area contributed by atoms with Crippen molar-refractivity contribution in [1.82, 2.24) is 4.98 Å². The largest absolute Gasteiger partial charge is 0.384 e. The van der Waals surface area contributed by atoms with Crippen molar-refractivity contribution >= 4 is 27.5 Å². The molecule has 0 radical (unpaired) electrons. The number of benzene rings is 2. The first-order valence-corrected chi connectivity index (χ1v) is 13.9. The average molecular weight is 447 g/mol. The molecule has 180 valence electrons. The van der Waals surface area contributed by atoms with E-state index in [0.717, 1.165) is 17.6 Å². The average Bonchev–Trinajstić information content (AvgIpc) is 2.84. The molecule has 0 saturated heterocycles. The number of hydrogen-bond acceptors (Lipinski definition) is 2. The van der Waals surface area contributed by atoms with E-state index in [0.29, 0.717) is 0 Å². The van der Waals surface area contributed by atoms with E-state index < -0.39 is 0 Å². The minimum Gasteiger partial charge on any atom is -0.384 e. The van der Waals surface area contributed by atoms with Gasteiger partial charge in [0.2, 0.25) is 0 Å². The predicted molar refractivity (Wildman–Crippen MR) is 147 cm³/mol. The van der Waals surface area contributed by atoms with Gasteiger partial charge in [0.05, 0.1) is 11.0 Å². The minimum absolute atomic E-state index is 1.05. The second kappa shape index (κ2) is 15.7. The van der Waals surface area contributed by atoms with Crippen molar-refractivity contribution in [1.29, 1.82) is 0 Å². The lowest BCUT2D eigenvalue weighted by Gasteiger charge is -2.10. The number of pyridine rings is 1. The zero-order valence-corrected chi connectivity index (χ0v) is 21.1. The molecule has 2 heteroatoms. The first kappa shape index (κ1) is 25.5. The fraction of sp³-hybridized carbons (Fsp3) is 0.581. The Morgan fingerprint density at radius 1 is 0.576 bits per heavy atom. The van der Waals surface area contributed by atoms with Crippen molar-refractivity contribution in [2.45, 2.75) is 110 Å². The summed E-state index contributed by atoms with van der Waals surface area (Å²) in [6.45, 7) is 3.34. The normalized spacial score (nSPS) is 11.4. The van der Waals surface area contributed by atoms with Crippen molar-refractivity contribution < 1.29 is 0 Å². The second-order valence-electron chi connectivity index (χ2n) is 9.78. The molecule has 3 aromatic rings. The topological polar surface area (TPSA) is 24.9 Å². The molecule has 0 saturated carbocycles. The number of aromatic nitrogens is 1. The summed E-state index contributed by atoms with van der Waals surface area (Å²) in [6.07, 6.45) is 22.6. The van der Waals surface area contributed by atoms with Crippen LogP contribution in [0.1, 0.15) is 110 Å². The molecule has 0 bridgehead atoms. The molecule has 0 aliphatic carbocycles. The number of rotatable bonds is 18. The third-order valence-electron chi connectivity index (χ3n) is 6.91. The Morgan fingerprint density at radius 2 is 1.12 bits per heavy atom. The van der Waals surface area contributed by atoms with Crippen LogP contribution in [0.4, 0.5) is 5.69 Å². The van der Waals surface area contributed by atoms with Crippen LogP contribution in [0.2, 0.25) is 0 Å². The Kier molecular flexibility index (Phi) is 12.1. The predicted octanol–water partition coefficient (Wildman–Crippen LogP) is 10.1. The molecule has 0 unspecified atom stereocenters. The lowest BCUT2D eigenvalue weighted by molar-refractivity contribution is 0.530. The van der Waals surface area contributed by atoms with Crippen LogP contribution in [0.5, 0.6) is 0 Å². The van der Waals surface area contributed by atoms with Gasteiger partial charge in [0.25, 0.3) is 0 Å². The van der Waals surface area contributed by atoms with E-state index in [4.69, 9.17) is 4.98 Å². The molecule has 3 rings (SSSR count). The summed E-state index contributed by atoms with van der Waals surface area (Å²) in [4.78, 5) is 4.83. The second-order valence-corrected chi connectivity index (χ2v) is 9.78. The molecule has 0 aliphatic rings. The number of anilines is 1. The van der Waals surface area contributed by atoms with E-state index in [2.05, 4.69) is 60.8 Å². The Labute approximate surface area is 202 Å². The summed E-state index contributed by atoms with van der Waals surface area (Å²) >= 11 is 0. The van der Waals surface area contributed by atoms with Crippen LogP contribution in [-0.4, -0.2) is 11.5 Å². The zero-order valence-electron chi connectivity index (χ0n) is 21.1. The van der Waals surface area contributed by atoms with E-state index in [1.165, 1.54) is 119 Å². The highest BCUT2D eigenvalue weighted by atomic mass is 14.9. The molecule has 0 spiro atoms. The number of hydrogen-bond donors (Lipinski definition) is 1. The van der Waals surface area contributed by atoms with Gasteiger partial charge in [0.1, 0.15) is 0 Å². The van der Waals surface area contributed by atoms with Gasteiger partial charge in [0.15, 0.2) is 0 Å². The summed E-state index contributed by atoms with van der Waals surface area (Å²) in [5.74, 6) is 0. The van der Waals surface area contributed by atoms with Crippen molar-refractivity contribution in [3.05, 3.63) is 48.5 Å². The maximum atomic E-state index is 4.83. The summed E-state index contributed by atoms with van der Waals surface area (Å²) in [7, 11) is 0. The lowest BCUT2D eigenvalue weighted by Crippen LogP contribution is -2.02. The fourth-order valence-electron chi connectivity index (χ4n) is 4.85. The van der Waals surface area contributed by atoms with Gasteiger partial charge < -0.3 is 5.32 Å². The third kappa shape index (κ3) is 9.35. The molecular weight excluding hydrogens is 400 g/mol. The number of unbranched alkanes of at least 4 members (excludes halogenated alkanes) is 15. The Balaban J connectivity index is 1.19. The maximum Gasteiger partial charge on any atom is 0.0730 e. The Hall–Kier alpha value is -2.09. The number of nitrogens with zero attached hydrogens (tertiary/aromatic N) is 1. The third-order valence-corrected chi connectivity index (χ3v) is 6.91. The van der Waals surface area contributed by atoms with E-state index in [1.54, 1.807) is 0 Å². The highest BCUT2D eigenvalue weighted by Crippen LogP contribution is 2.26. The minimum atomic E-state index is 1.05. The van der Waals surface area contributed by atoms with Crippen LogP contribution in [0.3, 0.4) is 0 Å². The van der Waals surface area contributed by atoms with Gasteiger partial charge >= 0.3 is 0 Å². The maximum absolute atomic E-state index is 4.83. The van der Waals surface area contributed by atoms with Gasteiger partial charge in [-0.1, -0.05) is 128 Å². The molecular formula is C31H46N2. The summed E-state index contributed by atoms with van der Waals surface area (Å²) in [6, 6.07) is 17.1. The molecule has 0 amide bonds. The standard InChI is InChI=1S/C31H46N2/c1-2-3-4-5-6-7-8-9-10-11-12-13-14-15-16-19-25-32-30-23-20-24-31-28(30)26-27-21-17-18-22-29(27)33-31/h17-18,20-24,26,32H,2-16,19,25H2,1H3. The molecule has 1 heterocycles. The first-order valence-electron chi connectivity index (χ1n) is 13.9. The molecule has 0 atom stereocenters. The summed E-state index contributed by atoms with van der Waals surface area (Å²) < 4.78 is 0. The molecule has 1 N–H and O–H groups in total. The van der Waals surface area contributed by atoms with E-state index in [1.807, 2.05) is 0 Å². The Bertz CT molecular complexity index is 917. The van der Waals surface area contributed by atoms with Crippen LogP contribution >= 0.6 is 0 Å². The molecule has 1 aromatic heterocycles. The summed E-state index contributed by atoms with van der Waals surface area (Å²) in [5, 5.41) is 6.10. The highest BCUT2D eigenvalue weighted by molar-refractivity contribution is 5.99. The van der Waals surface area contributed by atoms with Gasteiger partial charge in [-0.3, -0.25) is 0 Å². The smallest absolute Gasteiger partial charge is 0.0730 e. The van der Waals surface area contributed by atoms with E-state index in [-0.39, 0.29) is 0 Å². The van der Waals surface area contributed by atoms with Gasteiger partial charge in [-0.2, -0.15) is 0 Å². The summed E-state index contributed by atoms with van der Waals surface area (Å²) in [5.41, 5.74) is 3.36. The zero-order chi connectivity index (χ0) is 23.0. The molecule has 0 fully saturated rings. The van der Waals surface area contributed by atoms with E-state index in [9.17, 15) is 0 Å². The first-order chi connectivity index (χ1) is 16.4. The van der Waals surface area contributed by atoms with Crippen LogP contribution in [0.15, 0.2) is 48.5 Å². The van der Waals surface area contributed by atoms with Crippen molar-refractivity contribution in [3.8, 4) is 0 Å². The lowest BCUT2D eigenvalue weighted by atomic mass is 10.0. The molecule has 0 aliphatic heterocycles. The van der Waals surface area contributed by atoms with Crippen molar-refractivity contribution in [3.63, 3.8) is 0 Å². The van der Waals surface area contributed by atoms with Crippen LogP contribution in [0.25, 0.3) is 21.8 Å². The highest BCUT2D eigenvalue weighted by Gasteiger charge is 2.04. The van der Waals surface area contributed by atoms with Crippen LogP contribution in [-0.2, 0) is 0 Å². The van der Waals surface area contributed by atoms with E-state index >= 15 is 0 Å². The van der Waals surface area contributed by atoms with Gasteiger partial charge in [-0.15, -0.1) is 0 Å². The fourth-order valence-corrected chi connectivity index (χ4v) is 4.85. The van der Waals surface area contributed by atoms with Gasteiger partial charge in [-0.05, 0) is 30.7 Å².